The van der Waals surface area contributed by atoms with E-state index in [1.54, 1.807) is 17.0 Å². The van der Waals surface area contributed by atoms with E-state index in [2.05, 4.69) is 33.6 Å². The molecule has 0 saturated carbocycles. The molecule has 156 valence electrons. The zero-order chi connectivity index (χ0) is 20.4. The summed E-state index contributed by atoms with van der Waals surface area (Å²) >= 11 is 0. The van der Waals surface area contributed by atoms with E-state index in [0.29, 0.717) is 6.54 Å². The van der Waals surface area contributed by atoms with Crippen LogP contribution in [0.1, 0.15) is 37.8 Å². The first kappa shape index (κ1) is 19.8. The predicted molar refractivity (Wildman–Crippen MR) is 113 cm³/mol. The Morgan fingerprint density at radius 1 is 0.828 bits per heavy atom. The van der Waals surface area contributed by atoms with Crippen LogP contribution in [-0.4, -0.2) is 62.4 Å². The Labute approximate surface area is 172 Å². The number of nitrogens with zero attached hydrogens (tertiary/aromatic N) is 5. The highest BCUT2D eigenvalue weighted by molar-refractivity contribution is 5.52. The van der Waals surface area contributed by atoms with E-state index in [9.17, 15) is 10.2 Å². The van der Waals surface area contributed by atoms with Crippen molar-refractivity contribution in [3.63, 3.8) is 0 Å². The summed E-state index contributed by atoms with van der Waals surface area (Å²) in [6, 6.07) is 1.84. The van der Waals surface area contributed by atoms with E-state index >= 15 is 0 Å². The molecule has 7 heteroatoms. The van der Waals surface area contributed by atoms with Gasteiger partial charge in [-0.1, -0.05) is 11.1 Å². The van der Waals surface area contributed by atoms with Crippen LogP contribution in [0.2, 0.25) is 0 Å². The minimum absolute atomic E-state index is 0.251. The van der Waals surface area contributed by atoms with Gasteiger partial charge in [0.15, 0.2) is 11.8 Å². The van der Waals surface area contributed by atoms with Gasteiger partial charge in [0.2, 0.25) is 5.95 Å². The minimum Gasteiger partial charge on any atom is -0.494 e. The fraction of sp³-hybridized carbons (Fsp3) is 0.545. The number of aromatic nitrogens is 3. The van der Waals surface area contributed by atoms with E-state index in [-0.39, 0.29) is 11.8 Å². The number of anilines is 1. The summed E-state index contributed by atoms with van der Waals surface area (Å²) in [5, 5.41) is 21.2. The second-order valence-electron chi connectivity index (χ2n) is 8.25. The zero-order valence-corrected chi connectivity index (χ0v) is 17.4. The van der Waals surface area contributed by atoms with Gasteiger partial charge in [0.1, 0.15) is 0 Å². The molecular formula is C22H31N5O2. The average Bonchev–Trinajstić information content (AvgIpc) is 2.96. The van der Waals surface area contributed by atoms with Crippen molar-refractivity contribution in [3.8, 4) is 11.8 Å². The minimum atomic E-state index is 0.251. The number of piperazine rings is 1. The predicted octanol–water partition coefficient (Wildman–Crippen LogP) is 2.73. The van der Waals surface area contributed by atoms with Crippen molar-refractivity contribution in [1.82, 2.24) is 19.4 Å². The third kappa shape index (κ3) is 4.10. The van der Waals surface area contributed by atoms with E-state index < -0.39 is 0 Å². The molecule has 0 bridgehead atoms. The van der Waals surface area contributed by atoms with Crippen LogP contribution in [0.3, 0.4) is 0 Å². The maximum Gasteiger partial charge on any atom is 0.225 e. The van der Waals surface area contributed by atoms with Crippen LogP contribution in [0.15, 0.2) is 29.6 Å². The van der Waals surface area contributed by atoms with Crippen molar-refractivity contribution in [1.29, 1.82) is 0 Å². The van der Waals surface area contributed by atoms with Gasteiger partial charge in [-0.15, -0.1) is 0 Å². The lowest BCUT2D eigenvalue weighted by molar-refractivity contribution is 0.248. The molecule has 0 unspecified atom stereocenters. The third-order valence-corrected chi connectivity index (χ3v) is 6.34. The fourth-order valence-corrected chi connectivity index (χ4v) is 4.34. The molecule has 0 spiro atoms. The molecule has 1 aliphatic heterocycles. The van der Waals surface area contributed by atoms with Crippen molar-refractivity contribution >= 4 is 5.95 Å². The normalized spacial score (nSPS) is 17.7. The third-order valence-electron chi connectivity index (χ3n) is 6.34. The van der Waals surface area contributed by atoms with Crippen molar-refractivity contribution in [2.75, 3.05) is 37.6 Å². The van der Waals surface area contributed by atoms with Gasteiger partial charge in [0, 0.05) is 56.2 Å². The lowest BCUT2D eigenvalue weighted by Gasteiger charge is -2.34. The van der Waals surface area contributed by atoms with Crippen molar-refractivity contribution in [2.45, 2.75) is 46.1 Å². The van der Waals surface area contributed by atoms with Gasteiger partial charge in [-0.05, 0) is 52.1 Å². The molecular weight excluding hydrogens is 366 g/mol. The molecule has 4 rings (SSSR count). The molecule has 1 fully saturated rings. The Hall–Kier alpha value is -2.54. The lowest BCUT2D eigenvalue weighted by atomic mass is 9.90. The fourth-order valence-electron chi connectivity index (χ4n) is 4.34. The Morgan fingerprint density at radius 2 is 1.38 bits per heavy atom. The molecule has 0 atom stereocenters. The Kier molecular flexibility index (Phi) is 5.76. The van der Waals surface area contributed by atoms with Gasteiger partial charge in [-0.2, -0.15) is 0 Å². The maximum atomic E-state index is 10.6. The van der Waals surface area contributed by atoms with E-state index in [1.807, 2.05) is 6.07 Å². The molecule has 3 heterocycles. The monoisotopic (exact) mass is 397 g/mol. The number of aromatic hydroxyl groups is 2. The van der Waals surface area contributed by atoms with Gasteiger partial charge in [0.25, 0.3) is 0 Å². The van der Waals surface area contributed by atoms with E-state index in [0.717, 1.165) is 75.5 Å². The SMILES string of the molecule is CC1=C(C)Cc2c(c(O)n(CCCCN3CCN(c4ncccn4)CC3)c2O)C1. The number of fused-ring (bicyclic) bond motifs is 1. The van der Waals surface area contributed by atoms with Gasteiger partial charge in [-0.3, -0.25) is 9.47 Å². The second kappa shape index (κ2) is 8.45. The van der Waals surface area contributed by atoms with Crippen LogP contribution in [0.5, 0.6) is 11.8 Å². The number of rotatable bonds is 6. The van der Waals surface area contributed by atoms with Crippen LogP contribution in [0, 0.1) is 0 Å². The molecule has 2 aliphatic rings. The summed E-state index contributed by atoms with van der Waals surface area (Å²) in [6.07, 6.45) is 7.03. The molecule has 0 aromatic carbocycles. The molecule has 1 aliphatic carbocycles. The first-order valence-electron chi connectivity index (χ1n) is 10.6. The molecule has 2 N–H and O–H groups in total. The highest BCUT2D eigenvalue weighted by Crippen LogP contribution is 2.40. The Bertz CT molecular complexity index is 845. The lowest BCUT2D eigenvalue weighted by Crippen LogP contribution is -2.47. The summed E-state index contributed by atoms with van der Waals surface area (Å²) in [7, 11) is 0. The average molecular weight is 398 g/mol. The van der Waals surface area contributed by atoms with Crippen molar-refractivity contribution in [3.05, 3.63) is 40.7 Å². The Balaban J connectivity index is 1.25. The number of allylic oxidation sites excluding steroid dienone is 2. The first-order valence-corrected chi connectivity index (χ1v) is 10.6. The molecule has 7 nitrogen and oxygen atoms in total. The van der Waals surface area contributed by atoms with E-state index in [4.69, 9.17) is 0 Å². The second-order valence-corrected chi connectivity index (χ2v) is 8.25. The highest BCUT2D eigenvalue weighted by atomic mass is 16.3. The van der Waals surface area contributed by atoms with Crippen LogP contribution < -0.4 is 4.90 Å². The summed E-state index contributed by atoms with van der Waals surface area (Å²) < 4.78 is 1.70. The smallest absolute Gasteiger partial charge is 0.225 e. The van der Waals surface area contributed by atoms with Crippen LogP contribution in [0.25, 0.3) is 0 Å². The number of hydrogen-bond donors (Lipinski definition) is 2. The summed E-state index contributed by atoms with van der Waals surface area (Å²) in [5.74, 6) is 1.32. The quantitative estimate of drug-likeness (QED) is 0.577. The molecule has 2 aromatic heterocycles. The molecule has 0 amide bonds. The van der Waals surface area contributed by atoms with Gasteiger partial charge >= 0.3 is 0 Å². The van der Waals surface area contributed by atoms with E-state index in [1.165, 1.54) is 11.1 Å². The Morgan fingerprint density at radius 3 is 1.97 bits per heavy atom. The topological polar surface area (TPSA) is 77.7 Å². The number of hydrogen-bond acceptors (Lipinski definition) is 6. The molecule has 1 saturated heterocycles. The zero-order valence-electron chi connectivity index (χ0n) is 17.4. The van der Waals surface area contributed by atoms with Gasteiger partial charge < -0.3 is 15.1 Å². The van der Waals surface area contributed by atoms with Crippen molar-refractivity contribution in [2.24, 2.45) is 0 Å². The van der Waals surface area contributed by atoms with Gasteiger partial charge in [-0.25, -0.2) is 9.97 Å². The largest absolute Gasteiger partial charge is 0.494 e. The molecule has 0 radical (unpaired) electrons. The van der Waals surface area contributed by atoms with Crippen LogP contribution in [0.4, 0.5) is 5.95 Å². The van der Waals surface area contributed by atoms with Gasteiger partial charge in [0.05, 0.1) is 0 Å². The first-order chi connectivity index (χ1) is 14.0. The van der Waals surface area contributed by atoms with Crippen LogP contribution in [-0.2, 0) is 19.4 Å². The maximum absolute atomic E-state index is 10.6. The summed E-state index contributed by atoms with van der Waals surface area (Å²) in [5.41, 5.74) is 4.41. The molecule has 2 aromatic rings. The van der Waals surface area contributed by atoms with Crippen LogP contribution >= 0.6 is 0 Å². The summed E-state index contributed by atoms with van der Waals surface area (Å²) in [4.78, 5) is 13.4. The van der Waals surface area contributed by atoms with Crippen molar-refractivity contribution < 1.29 is 10.2 Å². The standard InChI is InChI=1S/C22H31N5O2/c1-16-14-18-19(15-17(16)2)21(29)27(20(18)28)9-4-3-8-25-10-12-26(13-11-25)22-23-6-5-7-24-22/h5-7,28-29H,3-4,8-15H2,1-2H3. The number of unbranched alkanes of at least 4 members (excludes halogenated alkanes) is 1. The molecule has 29 heavy (non-hydrogen) atoms. The highest BCUT2D eigenvalue weighted by Gasteiger charge is 2.26. The summed E-state index contributed by atoms with van der Waals surface area (Å²) in [6.45, 7) is 9.81.